The molecule has 1 fully saturated rings. The molecule has 1 heterocycles. The number of rotatable bonds is 2. The number of pyridine rings is 1. The van der Waals surface area contributed by atoms with E-state index in [1.807, 2.05) is 0 Å². The molecule has 1 aromatic carbocycles. The summed E-state index contributed by atoms with van der Waals surface area (Å²) >= 11 is 0. The normalized spacial score (nSPS) is 16.1. The van der Waals surface area contributed by atoms with Crippen molar-refractivity contribution >= 4 is 0 Å². The molecule has 0 amide bonds. The predicted molar refractivity (Wildman–Crippen MR) is 116 cm³/mol. The van der Waals surface area contributed by atoms with Crippen LogP contribution in [0.4, 0.5) is 0 Å². The van der Waals surface area contributed by atoms with Gasteiger partial charge in [-0.25, -0.2) is 4.57 Å². The summed E-state index contributed by atoms with van der Waals surface area (Å²) < 4.78 is 2.36. The molecule has 0 aliphatic heterocycles. The molecule has 0 atom stereocenters. The maximum absolute atomic E-state index is 2.48. The second kappa shape index (κ2) is 7.08. The maximum Gasteiger partial charge on any atom is 0.212 e. The van der Waals surface area contributed by atoms with Crippen LogP contribution in [-0.2, 0) is 17.9 Å². The quantitative estimate of drug-likeness (QED) is 0.520. The van der Waals surface area contributed by atoms with Crippen LogP contribution in [0.25, 0.3) is 11.3 Å². The number of hydrogen-bond donors (Lipinski definition) is 0. The van der Waals surface area contributed by atoms with E-state index in [1.165, 1.54) is 53.6 Å². The van der Waals surface area contributed by atoms with Crippen molar-refractivity contribution in [1.82, 2.24) is 0 Å². The zero-order valence-electron chi connectivity index (χ0n) is 18.7. The lowest BCUT2D eigenvalue weighted by atomic mass is 9.79. The first kappa shape index (κ1) is 20.1. The molecule has 2 aromatic rings. The Hall–Kier alpha value is -1.63. The smallest absolute Gasteiger partial charge is 0.201 e. The molecule has 146 valence electrons. The van der Waals surface area contributed by atoms with E-state index >= 15 is 0 Å². The van der Waals surface area contributed by atoms with Gasteiger partial charge in [0.05, 0.1) is 0 Å². The lowest BCUT2D eigenvalue weighted by molar-refractivity contribution is -0.661. The Morgan fingerprint density at radius 3 is 2.04 bits per heavy atom. The van der Waals surface area contributed by atoms with Crippen molar-refractivity contribution in [2.75, 3.05) is 0 Å². The van der Waals surface area contributed by atoms with Crippen LogP contribution in [0, 0.1) is 6.92 Å². The molecule has 0 bridgehead atoms. The van der Waals surface area contributed by atoms with E-state index in [-0.39, 0.29) is 10.8 Å². The molecule has 0 saturated heterocycles. The second-order valence-corrected chi connectivity index (χ2v) is 10.6. The molecule has 0 unspecified atom stereocenters. The van der Waals surface area contributed by atoms with Gasteiger partial charge in [0.15, 0.2) is 6.20 Å². The Morgan fingerprint density at radius 1 is 0.889 bits per heavy atom. The average molecular weight is 365 g/mol. The van der Waals surface area contributed by atoms with E-state index in [0.717, 1.165) is 5.92 Å². The molecule has 1 aromatic heterocycles. The predicted octanol–water partition coefficient (Wildman–Crippen LogP) is 6.74. The Balaban J connectivity index is 2.14. The molecular weight excluding hydrogens is 326 g/mol. The van der Waals surface area contributed by atoms with Gasteiger partial charge in [-0.2, -0.15) is 0 Å². The first-order chi connectivity index (χ1) is 12.5. The van der Waals surface area contributed by atoms with Gasteiger partial charge in [0.1, 0.15) is 7.05 Å². The van der Waals surface area contributed by atoms with Crippen LogP contribution in [-0.4, -0.2) is 0 Å². The van der Waals surface area contributed by atoms with Gasteiger partial charge >= 0.3 is 0 Å². The van der Waals surface area contributed by atoms with Crippen LogP contribution in [0.5, 0.6) is 0 Å². The van der Waals surface area contributed by atoms with E-state index in [0.29, 0.717) is 0 Å². The highest BCUT2D eigenvalue weighted by Gasteiger charge is 2.30. The number of aryl methyl sites for hydroxylation is 2. The second-order valence-electron chi connectivity index (χ2n) is 10.6. The summed E-state index contributed by atoms with van der Waals surface area (Å²) in [6.45, 7) is 16.2. The van der Waals surface area contributed by atoms with Crippen LogP contribution >= 0.6 is 0 Å². The molecular formula is C26H38N+. The molecule has 0 radical (unpaired) electrons. The number of aromatic nitrogens is 1. The average Bonchev–Trinajstić information content (AvgIpc) is 3.07. The third-order valence-corrected chi connectivity index (χ3v) is 6.28. The lowest BCUT2D eigenvalue weighted by Crippen LogP contribution is -2.34. The van der Waals surface area contributed by atoms with Gasteiger partial charge in [-0.3, -0.25) is 0 Å². The van der Waals surface area contributed by atoms with E-state index in [4.69, 9.17) is 0 Å². The monoisotopic (exact) mass is 364 g/mol. The zero-order valence-corrected chi connectivity index (χ0v) is 18.7. The van der Waals surface area contributed by atoms with Gasteiger partial charge in [-0.1, -0.05) is 66.5 Å². The molecule has 1 nitrogen and oxygen atoms in total. The van der Waals surface area contributed by atoms with E-state index in [9.17, 15) is 0 Å². The van der Waals surface area contributed by atoms with Crippen LogP contribution in [0.2, 0.25) is 0 Å². The van der Waals surface area contributed by atoms with Crippen molar-refractivity contribution in [1.29, 1.82) is 0 Å². The maximum atomic E-state index is 2.48. The fraction of sp³-hybridized carbons (Fsp3) is 0.577. The SMILES string of the molecule is Cc1cc(C(C)(C)C)ccc1-c1cc(C(C)(C)C)c(C2CCCC2)c[n+]1C. The molecule has 0 spiro atoms. The van der Waals surface area contributed by atoms with Crippen LogP contribution < -0.4 is 4.57 Å². The van der Waals surface area contributed by atoms with E-state index in [2.05, 4.69) is 90.5 Å². The topological polar surface area (TPSA) is 3.88 Å². The Labute approximate surface area is 166 Å². The number of hydrogen-bond acceptors (Lipinski definition) is 0. The summed E-state index contributed by atoms with van der Waals surface area (Å²) in [6, 6.07) is 9.49. The summed E-state index contributed by atoms with van der Waals surface area (Å²) in [7, 11) is 2.22. The fourth-order valence-corrected chi connectivity index (χ4v) is 4.57. The van der Waals surface area contributed by atoms with Crippen LogP contribution in [0.3, 0.4) is 0 Å². The third kappa shape index (κ3) is 4.13. The van der Waals surface area contributed by atoms with Crippen LogP contribution in [0.15, 0.2) is 30.5 Å². The lowest BCUT2D eigenvalue weighted by Gasteiger charge is -2.25. The first-order valence-corrected chi connectivity index (χ1v) is 10.6. The van der Waals surface area contributed by atoms with Crippen molar-refractivity contribution in [3.8, 4) is 11.3 Å². The van der Waals surface area contributed by atoms with Gasteiger partial charge in [0.2, 0.25) is 5.69 Å². The number of benzene rings is 1. The third-order valence-electron chi connectivity index (χ3n) is 6.28. The largest absolute Gasteiger partial charge is 0.212 e. The van der Waals surface area contributed by atoms with Crippen molar-refractivity contribution in [3.63, 3.8) is 0 Å². The highest BCUT2D eigenvalue weighted by Crippen LogP contribution is 2.40. The molecule has 0 N–H and O–H groups in total. The van der Waals surface area contributed by atoms with E-state index in [1.54, 1.807) is 5.56 Å². The van der Waals surface area contributed by atoms with Gasteiger partial charge in [0, 0.05) is 17.2 Å². The summed E-state index contributed by atoms with van der Waals surface area (Å²) in [6.07, 6.45) is 7.90. The summed E-state index contributed by atoms with van der Waals surface area (Å²) in [5.74, 6) is 0.740. The fourth-order valence-electron chi connectivity index (χ4n) is 4.57. The standard InChI is InChI=1S/C26H38N/c1-18-15-20(25(2,3)4)13-14-21(18)24-16-23(26(5,6)7)22(17-27(24)8)19-11-9-10-12-19/h13-17,19H,9-12H2,1-8H3/q+1. The molecule has 1 aliphatic carbocycles. The van der Waals surface area contributed by atoms with Gasteiger partial charge in [0.25, 0.3) is 0 Å². The molecule has 1 saturated carbocycles. The van der Waals surface area contributed by atoms with Gasteiger partial charge in [-0.15, -0.1) is 0 Å². The molecule has 3 rings (SSSR count). The zero-order chi connectivity index (χ0) is 20.0. The van der Waals surface area contributed by atoms with Crippen molar-refractivity contribution in [3.05, 3.63) is 52.7 Å². The minimum atomic E-state index is 0.167. The summed E-state index contributed by atoms with van der Waals surface area (Å²) in [4.78, 5) is 0. The Bertz CT molecular complexity index is 825. The highest BCUT2D eigenvalue weighted by atomic mass is 14.9. The molecule has 1 aliphatic rings. The number of nitrogens with zero attached hydrogens (tertiary/aromatic N) is 1. The Morgan fingerprint density at radius 2 is 1.52 bits per heavy atom. The van der Waals surface area contributed by atoms with Crippen molar-refractivity contribution in [2.45, 2.75) is 90.9 Å². The minimum Gasteiger partial charge on any atom is -0.201 e. The summed E-state index contributed by atoms with van der Waals surface area (Å²) in [5, 5.41) is 0. The summed E-state index contributed by atoms with van der Waals surface area (Å²) in [5.41, 5.74) is 8.93. The Kier molecular flexibility index (Phi) is 5.27. The van der Waals surface area contributed by atoms with Crippen molar-refractivity contribution in [2.24, 2.45) is 7.05 Å². The van der Waals surface area contributed by atoms with Crippen molar-refractivity contribution < 1.29 is 4.57 Å². The van der Waals surface area contributed by atoms with Gasteiger partial charge in [-0.05, 0) is 59.3 Å². The van der Waals surface area contributed by atoms with E-state index < -0.39 is 0 Å². The van der Waals surface area contributed by atoms with Gasteiger partial charge < -0.3 is 0 Å². The first-order valence-electron chi connectivity index (χ1n) is 10.6. The highest BCUT2D eigenvalue weighted by molar-refractivity contribution is 5.63. The molecule has 27 heavy (non-hydrogen) atoms. The minimum absolute atomic E-state index is 0.167. The van der Waals surface area contributed by atoms with Crippen LogP contribution in [0.1, 0.15) is 95.4 Å². The molecule has 1 heteroatoms.